The average Bonchev–Trinajstić information content (AvgIpc) is 3.09. The molecule has 0 aliphatic carbocycles. The second-order valence-corrected chi connectivity index (χ2v) is 7.07. The summed E-state index contributed by atoms with van der Waals surface area (Å²) < 4.78 is 5.70. The number of amides is 1. The van der Waals surface area contributed by atoms with Gasteiger partial charge in [-0.15, -0.1) is 11.3 Å². The summed E-state index contributed by atoms with van der Waals surface area (Å²) in [6.45, 7) is 1.56. The summed E-state index contributed by atoms with van der Waals surface area (Å²) in [5.41, 5.74) is 1.00. The van der Waals surface area contributed by atoms with Crippen LogP contribution >= 0.6 is 11.3 Å². The molecule has 0 atom stereocenters. The van der Waals surface area contributed by atoms with Crippen molar-refractivity contribution >= 4 is 33.8 Å². The van der Waals surface area contributed by atoms with Gasteiger partial charge in [-0.25, -0.2) is 0 Å². The maximum Gasteiger partial charge on any atom is 0.259 e. The SMILES string of the molecule is CC(=O)c1ccc(-c2cc(OCC(=O)N(C)C)cc3ccccc23)s1. The van der Waals surface area contributed by atoms with Crippen molar-refractivity contribution in [2.45, 2.75) is 6.92 Å². The number of Topliss-reactive ketones (excluding diaryl/α,β-unsaturated/α-hetero) is 1. The van der Waals surface area contributed by atoms with Gasteiger partial charge in [0.25, 0.3) is 5.91 Å². The van der Waals surface area contributed by atoms with Crippen molar-refractivity contribution in [3.05, 3.63) is 53.4 Å². The zero-order valence-corrected chi connectivity index (χ0v) is 15.2. The summed E-state index contributed by atoms with van der Waals surface area (Å²) in [6.07, 6.45) is 0. The largest absolute Gasteiger partial charge is 0.484 e. The summed E-state index contributed by atoms with van der Waals surface area (Å²) in [5, 5.41) is 2.12. The third kappa shape index (κ3) is 3.72. The summed E-state index contributed by atoms with van der Waals surface area (Å²) >= 11 is 1.47. The first-order chi connectivity index (χ1) is 12.0. The smallest absolute Gasteiger partial charge is 0.259 e. The number of ether oxygens (including phenoxy) is 1. The lowest BCUT2D eigenvalue weighted by atomic mass is 10.0. The van der Waals surface area contributed by atoms with E-state index in [9.17, 15) is 9.59 Å². The lowest BCUT2D eigenvalue weighted by molar-refractivity contribution is -0.130. The quantitative estimate of drug-likeness (QED) is 0.645. The molecule has 5 heteroatoms. The van der Waals surface area contributed by atoms with E-state index in [4.69, 9.17) is 4.74 Å². The van der Waals surface area contributed by atoms with Gasteiger partial charge in [0.05, 0.1) is 4.88 Å². The van der Waals surface area contributed by atoms with Crippen molar-refractivity contribution < 1.29 is 14.3 Å². The number of carbonyl (C=O) groups is 2. The van der Waals surface area contributed by atoms with Crippen molar-refractivity contribution in [3.63, 3.8) is 0 Å². The molecular weight excluding hydrogens is 334 g/mol. The second-order valence-electron chi connectivity index (χ2n) is 5.99. The maximum atomic E-state index is 11.8. The van der Waals surface area contributed by atoms with Crippen LogP contribution in [0.3, 0.4) is 0 Å². The molecule has 1 amide bonds. The Balaban J connectivity index is 2.03. The standard InChI is InChI=1S/C20H19NO3S/c1-13(22)18-8-9-19(25-18)17-11-15(24-12-20(23)21(2)3)10-14-6-4-5-7-16(14)17/h4-11H,12H2,1-3H3. The van der Waals surface area contributed by atoms with Crippen molar-refractivity contribution in [2.75, 3.05) is 20.7 Å². The van der Waals surface area contributed by atoms with Crippen LogP contribution in [0.4, 0.5) is 0 Å². The number of ketones is 1. The fourth-order valence-electron chi connectivity index (χ4n) is 2.52. The van der Waals surface area contributed by atoms with Gasteiger partial charge in [0.2, 0.25) is 0 Å². The topological polar surface area (TPSA) is 46.6 Å². The molecule has 0 bridgehead atoms. The molecule has 0 unspecified atom stereocenters. The Bertz CT molecular complexity index is 943. The lowest BCUT2D eigenvalue weighted by Gasteiger charge is -2.13. The first kappa shape index (κ1) is 17.2. The number of carbonyl (C=O) groups excluding carboxylic acids is 2. The Hall–Kier alpha value is -2.66. The molecule has 0 fully saturated rings. The van der Waals surface area contributed by atoms with Gasteiger partial charge in [-0.2, -0.15) is 0 Å². The highest BCUT2D eigenvalue weighted by Gasteiger charge is 2.12. The molecule has 0 radical (unpaired) electrons. The third-order valence-corrected chi connectivity index (χ3v) is 5.13. The van der Waals surface area contributed by atoms with Crippen molar-refractivity contribution in [1.82, 2.24) is 4.90 Å². The lowest BCUT2D eigenvalue weighted by Crippen LogP contribution is -2.27. The number of fused-ring (bicyclic) bond motifs is 1. The number of rotatable bonds is 5. The van der Waals surface area contributed by atoms with Gasteiger partial charge in [-0.05, 0) is 42.0 Å². The van der Waals surface area contributed by atoms with Crippen LogP contribution in [-0.4, -0.2) is 37.3 Å². The molecule has 1 aromatic heterocycles. The second kappa shape index (κ2) is 7.07. The normalized spacial score (nSPS) is 10.7. The number of nitrogens with zero attached hydrogens (tertiary/aromatic N) is 1. The molecular formula is C20H19NO3S. The van der Waals surface area contributed by atoms with Crippen LogP contribution in [0.15, 0.2) is 48.5 Å². The van der Waals surface area contributed by atoms with Crippen LogP contribution in [-0.2, 0) is 4.79 Å². The zero-order valence-electron chi connectivity index (χ0n) is 14.4. The van der Waals surface area contributed by atoms with E-state index >= 15 is 0 Å². The summed E-state index contributed by atoms with van der Waals surface area (Å²) in [4.78, 5) is 26.6. The Morgan fingerprint density at radius 3 is 2.52 bits per heavy atom. The summed E-state index contributed by atoms with van der Waals surface area (Å²) in [6, 6.07) is 15.7. The van der Waals surface area contributed by atoms with E-state index in [0.29, 0.717) is 5.75 Å². The molecule has 0 spiro atoms. The van der Waals surface area contributed by atoms with E-state index in [2.05, 4.69) is 0 Å². The first-order valence-electron chi connectivity index (χ1n) is 7.92. The molecule has 2 aromatic carbocycles. The molecule has 0 aliphatic rings. The van der Waals surface area contributed by atoms with Crippen LogP contribution in [0.2, 0.25) is 0 Å². The minimum atomic E-state index is -0.0929. The number of hydrogen-bond donors (Lipinski definition) is 0. The molecule has 128 valence electrons. The highest BCUT2D eigenvalue weighted by molar-refractivity contribution is 7.17. The van der Waals surface area contributed by atoms with Crippen LogP contribution in [0.5, 0.6) is 5.75 Å². The molecule has 0 aliphatic heterocycles. The molecule has 1 heterocycles. The Labute approximate surface area is 150 Å². The molecule has 25 heavy (non-hydrogen) atoms. The predicted octanol–water partition coefficient (Wildman–Crippen LogP) is 4.24. The van der Waals surface area contributed by atoms with Crippen LogP contribution < -0.4 is 4.74 Å². The van der Waals surface area contributed by atoms with Gasteiger partial charge in [-0.3, -0.25) is 9.59 Å². The van der Waals surface area contributed by atoms with E-state index in [-0.39, 0.29) is 18.3 Å². The molecule has 0 saturated carbocycles. The molecule has 3 aromatic rings. The van der Waals surface area contributed by atoms with E-state index in [0.717, 1.165) is 26.1 Å². The van der Waals surface area contributed by atoms with Crippen molar-refractivity contribution in [1.29, 1.82) is 0 Å². The molecule has 0 N–H and O–H groups in total. The van der Waals surface area contributed by atoms with Gasteiger partial charge in [0.15, 0.2) is 12.4 Å². The minimum Gasteiger partial charge on any atom is -0.484 e. The van der Waals surface area contributed by atoms with Gasteiger partial charge in [0, 0.05) is 24.5 Å². The average molecular weight is 353 g/mol. The Kier molecular flexibility index (Phi) is 4.86. The first-order valence-corrected chi connectivity index (χ1v) is 8.74. The summed E-state index contributed by atoms with van der Waals surface area (Å²) in [7, 11) is 3.40. The van der Waals surface area contributed by atoms with Gasteiger partial charge in [-0.1, -0.05) is 24.3 Å². The van der Waals surface area contributed by atoms with E-state index in [1.54, 1.807) is 21.0 Å². The van der Waals surface area contributed by atoms with Crippen molar-refractivity contribution in [2.24, 2.45) is 0 Å². The van der Waals surface area contributed by atoms with Gasteiger partial charge in [0.1, 0.15) is 5.75 Å². The third-order valence-electron chi connectivity index (χ3n) is 3.91. The maximum absolute atomic E-state index is 11.8. The van der Waals surface area contributed by atoms with E-state index in [1.807, 2.05) is 48.5 Å². The monoisotopic (exact) mass is 353 g/mol. The Morgan fingerprint density at radius 2 is 1.84 bits per heavy atom. The number of likely N-dealkylation sites (N-methyl/N-ethyl adjacent to an activating group) is 1. The number of benzene rings is 2. The highest BCUT2D eigenvalue weighted by atomic mass is 32.1. The molecule has 0 saturated heterocycles. The Morgan fingerprint density at radius 1 is 1.08 bits per heavy atom. The van der Waals surface area contributed by atoms with Gasteiger partial charge < -0.3 is 9.64 Å². The number of thiophene rings is 1. The molecule has 3 rings (SSSR count). The van der Waals surface area contributed by atoms with E-state index in [1.165, 1.54) is 16.2 Å². The van der Waals surface area contributed by atoms with Crippen LogP contribution in [0.1, 0.15) is 16.6 Å². The fourth-order valence-corrected chi connectivity index (χ4v) is 3.45. The van der Waals surface area contributed by atoms with Crippen molar-refractivity contribution in [3.8, 4) is 16.2 Å². The predicted molar refractivity (Wildman–Crippen MR) is 101 cm³/mol. The highest BCUT2D eigenvalue weighted by Crippen LogP contribution is 2.37. The zero-order chi connectivity index (χ0) is 18.0. The van der Waals surface area contributed by atoms with Crippen LogP contribution in [0, 0.1) is 0 Å². The van der Waals surface area contributed by atoms with E-state index < -0.39 is 0 Å². The van der Waals surface area contributed by atoms with Crippen LogP contribution in [0.25, 0.3) is 21.2 Å². The summed E-state index contributed by atoms with van der Waals surface area (Å²) in [5.74, 6) is 0.607. The molecule has 4 nitrogen and oxygen atoms in total. The number of hydrogen-bond acceptors (Lipinski definition) is 4. The van der Waals surface area contributed by atoms with Gasteiger partial charge >= 0.3 is 0 Å². The minimum absolute atomic E-state index is 0.00604. The fraction of sp³-hybridized carbons (Fsp3) is 0.200.